The number of hydrogen-bond acceptors (Lipinski definition) is 5. The maximum absolute atomic E-state index is 9.39. The Kier molecular flexibility index (Phi) is 7.70. The second-order valence-electron chi connectivity index (χ2n) is 14.7. The van der Waals surface area contributed by atoms with Gasteiger partial charge in [0.2, 0.25) is 0 Å². The molecule has 0 bridgehead atoms. The highest BCUT2D eigenvalue weighted by Crippen LogP contribution is 2.62. The molecule has 2 aliphatic rings. The molecule has 0 unspecified atom stereocenters. The molecule has 1 aliphatic heterocycles. The highest BCUT2D eigenvalue weighted by atomic mass is 16.5. The molecular weight excluding hydrogens is 709 g/mol. The van der Waals surface area contributed by atoms with E-state index in [4.69, 9.17) is 19.7 Å². The lowest BCUT2D eigenvalue weighted by Gasteiger charge is -2.39. The third-order valence-electron chi connectivity index (χ3n) is 11.4. The van der Waals surface area contributed by atoms with Crippen molar-refractivity contribution in [1.29, 1.82) is 5.26 Å². The summed E-state index contributed by atoms with van der Waals surface area (Å²) in [6.45, 7) is 0. The van der Waals surface area contributed by atoms with Crippen molar-refractivity contribution in [2.24, 2.45) is 0 Å². The summed E-state index contributed by atoms with van der Waals surface area (Å²) in [5, 5.41) is 9.39. The number of para-hydroxylation sites is 1. The molecule has 1 aliphatic carbocycles. The molecule has 11 rings (SSSR count). The van der Waals surface area contributed by atoms with Gasteiger partial charge in [-0.05, 0) is 93.0 Å². The number of benzene rings is 8. The third kappa shape index (κ3) is 5.27. The zero-order chi connectivity index (χ0) is 38.6. The van der Waals surface area contributed by atoms with Crippen LogP contribution in [0.3, 0.4) is 0 Å². The predicted molar refractivity (Wildman–Crippen MR) is 229 cm³/mol. The number of aromatic nitrogens is 3. The molecule has 5 nitrogen and oxygen atoms in total. The Balaban J connectivity index is 1.13. The molecule has 270 valence electrons. The van der Waals surface area contributed by atoms with Gasteiger partial charge in [-0.25, -0.2) is 15.0 Å². The lowest BCUT2D eigenvalue weighted by atomic mass is 9.66. The van der Waals surface area contributed by atoms with E-state index in [2.05, 4.69) is 140 Å². The topological polar surface area (TPSA) is 71.7 Å². The van der Waals surface area contributed by atoms with Crippen LogP contribution in [-0.2, 0) is 5.41 Å². The predicted octanol–water partition coefficient (Wildman–Crippen LogP) is 12.5. The van der Waals surface area contributed by atoms with Gasteiger partial charge in [-0.15, -0.1) is 0 Å². The van der Waals surface area contributed by atoms with Crippen molar-refractivity contribution in [3.8, 4) is 85.1 Å². The number of rotatable bonds is 5. The SMILES string of the molecule is N#Cc1ccc(-c2cccc(-c3nc(-c4cccc(-c5ccccc5)c4)nc(-c4ccc5c(c4)C4(c6ccccc6O5)c5ccccc5-c5ccccc54)n3)c2)cc1. The van der Waals surface area contributed by atoms with Gasteiger partial charge < -0.3 is 4.74 Å². The molecule has 0 saturated carbocycles. The molecule has 1 aromatic heterocycles. The molecule has 0 amide bonds. The van der Waals surface area contributed by atoms with Crippen LogP contribution >= 0.6 is 0 Å². The van der Waals surface area contributed by atoms with Gasteiger partial charge in [0.1, 0.15) is 11.5 Å². The van der Waals surface area contributed by atoms with Crippen LogP contribution in [0.25, 0.3) is 67.5 Å². The molecular formula is C53H32N4O. The number of hydrogen-bond donors (Lipinski definition) is 0. The van der Waals surface area contributed by atoms with Gasteiger partial charge in [-0.1, -0.05) is 146 Å². The highest BCUT2D eigenvalue weighted by molar-refractivity contribution is 5.89. The van der Waals surface area contributed by atoms with Crippen molar-refractivity contribution in [2.75, 3.05) is 0 Å². The maximum Gasteiger partial charge on any atom is 0.164 e. The highest BCUT2D eigenvalue weighted by Gasteiger charge is 2.51. The summed E-state index contributed by atoms with van der Waals surface area (Å²) in [7, 11) is 0. The van der Waals surface area contributed by atoms with E-state index < -0.39 is 5.41 Å². The monoisotopic (exact) mass is 740 g/mol. The summed E-state index contributed by atoms with van der Waals surface area (Å²) in [6, 6.07) is 69.0. The van der Waals surface area contributed by atoms with Crippen molar-refractivity contribution in [1.82, 2.24) is 15.0 Å². The number of nitrogens with zero attached hydrogens (tertiary/aromatic N) is 4. The van der Waals surface area contributed by atoms with Gasteiger partial charge >= 0.3 is 0 Å². The van der Waals surface area contributed by atoms with Crippen molar-refractivity contribution < 1.29 is 4.74 Å². The minimum Gasteiger partial charge on any atom is -0.457 e. The molecule has 0 fully saturated rings. The van der Waals surface area contributed by atoms with E-state index in [1.54, 1.807) is 0 Å². The fourth-order valence-electron chi connectivity index (χ4n) is 8.80. The van der Waals surface area contributed by atoms with Gasteiger partial charge in [0, 0.05) is 27.8 Å². The number of fused-ring (bicyclic) bond motifs is 9. The standard InChI is InChI=1S/C53H32N4O/c54-33-34-24-26-36(27-25-34)38-15-11-17-40(31-38)51-55-50(39-16-10-14-37(30-39)35-12-2-1-3-13-35)56-52(57-51)41-28-29-49-47(32-41)53(46-22-8-9-23-48(46)58-49)44-20-6-4-18-42(44)43-19-5-7-21-45(43)53/h1-32H. The van der Waals surface area contributed by atoms with Crippen LogP contribution < -0.4 is 4.74 Å². The van der Waals surface area contributed by atoms with Crippen LogP contribution in [0.15, 0.2) is 194 Å². The first-order chi connectivity index (χ1) is 28.7. The molecule has 9 aromatic rings. The molecule has 2 heterocycles. The summed E-state index contributed by atoms with van der Waals surface area (Å²) in [4.78, 5) is 15.6. The minimum absolute atomic E-state index is 0.560. The minimum atomic E-state index is -0.620. The van der Waals surface area contributed by atoms with E-state index in [1.807, 2.05) is 60.7 Å². The molecule has 58 heavy (non-hydrogen) atoms. The molecule has 0 atom stereocenters. The van der Waals surface area contributed by atoms with E-state index in [-0.39, 0.29) is 0 Å². The smallest absolute Gasteiger partial charge is 0.164 e. The zero-order valence-electron chi connectivity index (χ0n) is 31.2. The summed E-state index contributed by atoms with van der Waals surface area (Å²) in [6.07, 6.45) is 0. The first kappa shape index (κ1) is 33.4. The Hall–Kier alpha value is -7.94. The zero-order valence-corrected chi connectivity index (χ0v) is 31.2. The maximum atomic E-state index is 9.39. The number of nitriles is 1. The van der Waals surface area contributed by atoms with E-state index in [0.717, 1.165) is 61.6 Å². The van der Waals surface area contributed by atoms with Crippen molar-refractivity contribution in [2.45, 2.75) is 5.41 Å². The van der Waals surface area contributed by atoms with Crippen molar-refractivity contribution in [3.05, 3.63) is 222 Å². The van der Waals surface area contributed by atoms with Crippen LogP contribution in [0.4, 0.5) is 0 Å². The molecule has 5 heteroatoms. The Morgan fingerprint density at radius 3 is 1.41 bits per heavy atom. The van der Waals surface area contributed by atoms with E-state index >= 15 is 0 Å². The van der Waals surface area contributed by atoms with E-state index in [1.165, 1.54) is 22.3 Å². The van der Waals surface area contributed by atoms with Gasteiger partial charge in [0.05, 0.1) is 17.0 Å². The Bertz CT molecular complexity index is 3060. The van der Waals surface area contributed by atoms with Crippen LogP contribution in [0, 0.1) is 11.3 Å². The lowest BCUT2D eigenvalue weighted by molar-refractivity contribution is 0.436. The molecule has 1 spiro atoms. The van der Waals surface area contributed by atoms with Crippen LogP contribution in [0.1, 0.15) is 27.8 Å². The summed E-state index contributed by atoms with van der Waals surface area (Å²) < 4.78 is 6.73. The quantitative estimate of drug-likeness (QED) is 0.176. The van der Waals surface area contributed by atoms with Crippen molar-refractivity contribution in [3.63, 3.8) is 0 Å². The Morgan fingerprint density at radius 2 is 0.810 bits per heavy atom. The number of ether oxygens (including phenoxy) is 1. The Morgan fingerprint density at radius 1 is 0.362 bits per heavy atom. The first-order valence-corrected chi connectivity index (χ1v) is 19.3. The summed E-state index contributed by atoms with van der Waals surface area (Å²) in [5.74, 6) is 3.34. The fraction of sp³-hybridized carbons (Fsp3) is 0.0189. The van der Waals surface area contributed by atoms with E-state index in [0.29, 0.717) is 23.0 Å². The second-order valence-corrected chi connectivity index (χ2v) is 14.7. The lowest BCUT2D eigenvalue weighted by Crippen LogP contribution is -2.32. The van der Waals surface area contributed by atoms with Crippen LogP contribution in [0.5, 0.6) is 11.5 Å². The van der Waals surface area contributed by atoms with Gasteiger partial charge in [0.15, 0.2) is 17.5 Å². The average molecular weight is 741 g/mol. The normalized spacial score (nSPS) is 12.7. The largest absolute Gasteiger partial charge is 0.457 e. The summed E-state index contributed by atoms with van der Waals surface area (Å²) in [5.41, 5.74) is 13.8. The molecule has 0 saturated heterocycles. The van der Waals surface area contributed by atoms with Crippen LogP contribution in [-0.4, -0.2) is 15.0 Å². The molecule has 0 N–H and O–H groups in total. The van der Waals surface area contributed by atoms with Crippen molar-refractivity contribution >= 4 is 0 Å². The first-order valence-electron chi connectivity index (χ1n) is 19.3. The molecule has 0 radical (unpaired) electrons. The van der Waals surface area contributed by atoms with Gasteiger partial charge in [-0.2, -0.15) is 5.26 Å². The van der Waals surface area contributed by atoms with Gasteiger partial charge in [0.25, 0.3) is 0 Å². The van der Waals surface area contributed by atoms with Gasteiger partial charge in [-0.3, -0.25) is 0 Å². The summed E-state index contributed by atoms with van der Waals surface area (Å²) >= 11 is 0. The fourth-order valence-corrected chi connectivity index (χ4v) is 8.80. The molecule has 8 aromatic carbocycles. The second kappa shape index (κ2) is 13.4. The van der Waals surface area contributed by atoms with Crippen LogP contribution in [0.2, 0.25) is 0 Å². The third-order valence-corrected chi connectivity index (χ3v) is 11.4. The van der Waals surface area contributed by atoms with E-state index in [9.17, 15) is 5.26 Å². The Labute approximate surface area is 336 Å². The average Bonchev–Trinajstić information content (AvgIpc) is 3.60.